The van der Waals surface area contributed by atoms with Crippen molar-refractivity contribution in [3.05, 3.63) is 76.6 Å². The summed E-state index contributed by atoms with van der Waals surface area (Å²) in [6.07, 6.45) is 0. The monoisotopic (exact) mass is 299 g/mol. The highest BCUT2D eigenvalue weighted by Gasteiger charge is 2.10. The summed E-state index contributed by atoms with van der Waals surface area (Å²) in [5, 5.41) is 2.47. The van der Waals surface area contributed by atoms with E-state index in [1.54, 1.807) is 12.1 Å². The second-order valence-electron chi connectivity index (χ2n) is 4.57. The van der Waals surface area contributed by atoms with Crippen LogP contribution in [0.25, 0.3) is 11.3 Å². The molecule has 0 saturated carbocycles. The standard InChI is InChI=1S/C16H11F2N3O/c17-11-7-4-8-12(18)15(11)21-16-19-13(9-14(22)20-16)10-5-2-1-3-6-10/h1-9H,(H2,19,20,21,22). The number of hydrogen-bond donors (Lipinski definition) is 2. The first-order valence-electron chi connectivity index (χ1n) is 6.51. The highest BCUT2D eigenvalue weighted by Crippen LogP contribution is 2.22. The van der Waals surface area contributed by atoms with E-state index < -0.39 is 17.2 Å². The van der Waals surface area contributed by atoms with Gasteiger partial charge in [-0.15, -0.1) is 0 Å². The van der Waals surface area contributed by atoms with Crippen LogP contribution in [-0.4, -0.2) is 9.97 Å². The maximum atomic E-state index is 13.6. The summed E-state index contributed by atoms with van der Waals surface area (Å²) in [5.74, 6) is -1.57. The third-order valence-corrected chi connectivity index (χ3v) is 3.02. The van der Waals surface area contributed by atoms with Gasteiger partial charge in [0.1, 0.15) is 17.3 Å². The molecule has 1 heterocycles. The van der Waals surface area contributed by atoms with Crippen molar-refractivity contribution >= 4 is 11.6 Å². The van der Waals surface area contributed by atoms with Crippen LogP contribution in [0.4, 0.5) is 20.4 Å². The van der Waals surface area contributed by atoms with E-state index in [1.165, 1.54) is 12.1 Å². The lowest BCUT2D eigenvalue weighted by atomic mass is 10.1. The fraction of sp³-hybridized carbons (Fsp3) is 0. The molecule has 1 aromatic heterocycles. The van der Waals surface area contributed by atoms with Crippen LogP contribution in [0.15, 0.2) is 59.4 Å². The van der Waals surface area contributed by atoms with Crippen molar-refractivity contribution in [2.24, 2.45) is 0 Å². The Hall–Kier alpha value is -3.02. The maximum Gasteiger partial charge on any atom is 0.252 e. The zero-order chi connectivity index (χ0) is 15.5. The van der Waals surface area contributed by atoms with Gasteiger partial charge in [0.05, 0.1) is 5.69 Å². The average Bonchev–Trinajstić information content (AvgIpc) is 2.51. The average molecular weight is 299 g/mol. The van der Waals surface area contributed by atoms with Gasteiger partial charge in [0, 0.05) is 11.6 Å². The van der Waals surface area contributed by atoms with Crippen LogP contribution < -0.4 is 10.9 Å². The molecule has 4 nitrogen and oxygen atoms in total. The molecule has 0 bridgehead atoms. The van der Waals surface area contributed by atoms with Crippen LogP contribution in [0.3, 0.4) is 0 Å². The molecule has 0 unspecified atom stereocenters. The van der Waals surface area contributed by atoms with E-state index in [2.05, 4.69) is 15.3 Å². The van der Waals surface area contributed by atoms with Crippen molar-refractivity contribution in [3.63, 3.8) is 0 Å². The van der Waals surface area contributed by atoms with E-state index in [0.717, 1.165) is 17.7 Å². The van der Waals surface area contributed by atoms with Crippen LogP contribution in [0.1, 0.15) is 0 Å². The van der Waals surface area contributed by atoms with Crippen LogP contribution in [-0.2, 0) is 0 Å². The summed E-state index contributed by atoms with van der Waals surface area (Å²) >= 11 is 0. The molecule has 0 amide bonds. The first kappa shape index (κ1) is 13.9. The number of nitrogens with zero attached hydrogens (tertiary/aromatic N) is 1. The van der Waals surface area contributed by atoms with Gasteiger partial charge in [-0.2, -0.15) is 0 Å². The summed E-state index contributed by atoms with van der Waals surface area (Å²) in [6.45, 7) is 0. The molecule has 6 heteroatoms. The Morgan fingerprint density at radius 1 is 0.955 bits per heavy atom. The van der Waals surface area contributed by atoms with Crippen LogP contribution in [0.2, 0.25) is 0 Å². The van der Waals surface area contributed by atoms with E-state index in [4.69, 9.17) is 0 Å². The van der Waals surface area contributed by atoms with Gasteiger partial charge < -0.3 is 5.32 Å². The number of aromatic amines is 1. The molecule has 3 aromatic rings. The van der Waals surface area contributed by atoms with Crippen molar-refractivity contribution < 1.29 is 8.78 Å². The van der Waals surface area contributed by atoms with Gasteiger partial charge in [0.15, 0.2) is 0 Å². The molecule has 110 valence electrons. The SMILES string of the molecule is O=c1cc(-c2ccccc2)nc(Nc2c(F)cccc2F)[nH]1. The van der Waals surface area contributed by atoms with Gasteiger partial charge in [0.2, 0.25) is 5.95 Å². The lowest BCUT2D eigenvalue weighted by Gasteiger charge is -2.09. The number of anilines is 2. The van der Waals surface area contributed by atoms with Crippen molar-refractivity contribution in [2.45, 2.75) is 0 Å². The molecule has 0 aliphatic rings. The first-order valence-corrected chi connectivity index (χ1v) is 6.51. The normalized spacial score (nSPS) is 10.5. The summed E-state index contributed by atoms with van der Waals surface area (Å²) < 4.78 is 27.3. The number of para-hydroxylation sites is 1. The number of nitrogens with one attached hydrogen (secondary N) is 2. The summed E-state index contributed by atoms with van der Waals surface area (Å²) in [5.41, 5.74) is 0.346. The van der Waals surface area contributed by atoms with E-state index in [0.29, 0.717) is 5.69 Å². The topological polar surface area (TPSA) is 57.8 Å². The number of rotatable bonds is 3. The van der Waals surface area contributed by atoms with E-state index in [9.17, 15) is 13.6 Å². The lowest BCUT2D eigenvalue weighted by Crippen LogP contribution is -2.11. The fourth-order valence-corrected chi connectivity index (χ4v) is 2.01. The summed E-state index contributed by atoms with van der Waals surface area (Å²) in [7, 11) is 0. The van der Waals surface area contributed by atoms with Crippen LogP contribution in [0, 0.1) is 11.6 Å². The Labute approximate surface area is 124 Å². The van der Waals surface area contributed by atoms with Crippen molar-refractivity contribution in [1.82, 2.24) is 9.97 Å². The molecule has 0 saturated heterocycles. The molecule has 0 fully saturated rings. The molecule has 22 heavy (non-hydrogen) atoms. The quantitative estimate of drug-likeness (QED) is 0.778. The Morgan fingerprint density at radius 2 is 1.64 bits per heavy atom. The first-order chi connectivity index (χ1) is 10.6. The minimum atomic E-state index is -0.771. The minimum absolute atomic E-state index is 0.0321. The van der Waals surface area contributed by atoms with Crippen molar-refractivity contribution in [2.75, 3.05) is 5.32 Å². The molecule has 0 atom stereocenters. The number of halogens is 2. The molecule has 0 aliphatic heterocycles. The number of H-pyrrole nitrogens is 1. The van der Waals surface area contributed by atoms with Crippen LogP contribution >= 0.6 is 0 Å². The van der Waals surface area contributed by atoms with Gasteiger partial charge in [-0.3, -0.25) is 9.78 Å². The predicted molar refractivity (Wildman–Crippen MR) is 79.9 cm³/mol. The highest BCUT2D eigenvalue weighted by atomic mass is 19.1. The van der Waals surface area contributed by atoms with Gasteiger partial charge in [-0.25, -0.2) is 13.8 Å². The fourth-order valence-electron chi connectivity index (χ4n) is 2.01. The largest absolute Gasteiger partial charge is 0.321 e. The molecular formula is C16H11F2N3O. The van der Waals surface area contributed by atoms with Gasteiger partial charge in [-0.1, -0.05) is 36.4 Å². The minimum Gasteiger partial charge on any atom is -0.321 e. The Balaban J connectivity index is 2.02. The van der Waals surface area contributed by atoms with Crippen molar-refractivity contribution in [1.29, 1.82) is 0 Å². The zero-order valence-electron chi connectivity index (χ0n) is 11.3. The lowest BCUT2D eigenvalue weighted by molar-refractivity contribution is 0.590. The second-order valence-corrected chi connectivity index (χ2v) is 4.57. The molecule has 0 radical (unpaired) electrons. The maximum absolute atomic E-state index is 13.6. The number of benzene rings is 2. The molecule has 2 N–H and O–H groups in total. The van der Waals surface area contributed by atoms with Crippen molar-refractivity contribution in [3.8, 4) is 11.3 Å². The Bertz CT molecular complexity index is 843. The van der Waals surface area contributed by atoms with Crippen LogP contribution in [0.5, 0.6) is 0 Å². The molecule has 0 aliphatic carbocycles. The van der Waals surface area contributed by atoms with Gasteiger partial charge >= 0.3 is 0 Å². The molecular weight excluding hydrogens is 288 g/mol. The number of aromatic nitrogens is 2. The number of hydrogen-bond acceptors (Lipinski definition) is 3. The van der Waals surface area contributed by atoms with Gasteiger partial charge in [0.25, 0.3) is 5.56 Å². The third-order valence-electron chi connectivity index (χ3n) is 3.02. The predicted octanol–water partition coefficient (Wildman–Crippen LogP) is 3.46. The van der Waals surface area contributed by atoms with E-state index >= 15 is 0 Å². The van der Waals surface area contributed by atoms with E-state index in [1.807, 2.05) is 18.2 Å². The van der Waals surface area contributed by atoms with E-state index in [-0.39, 0.29) is 11.6 Å². The highest BCUT2D eigenvalue weighted by molar-refractivity contribution is 5.62. The Kier molecular flexibility index (Phi) is 3.65. The molecule has 2 aromatic carbocycles. The zero-order valence-corrected chi connectivity index (χ0v) is 11.3. The third kappa shape index (κ3) is 2.85. The second kappa shape index (κ2) is 5.77. The summed E-state index contributed by atoms with van der Waals surface area (Å²) in [4.78, 5) is 18.3. The summed E-state index contributed by atoms with van der Waals surface area (Å²) in [6, 6.07) is 13.8. The Morgan fingerprint density at radius 3 is 2.32 bits per heavy atom. The van der Waals surface area contributed by atoms with Gasteiger partial charge in [-0.05, 0) is 12.1 Å². The smallest absolute Gasteiger partial charge is 0.252 e. The molecule has 0 spiro atoms. The molecule has 3 rings (SSSR count).